The van der Waals surface area contributed by atoms with Crippen LogP contribution in [0.3, 0.4) is 0 Å². The zero-order chi connectivity index (χ0) is 19.4. The molecule has 0 aliphatic carbocycles. The Kier molecular flexibility index (Phi) is 5.79. The SMILES string of the molecule is CCn1c(=O)oc2cc(S(=O)(=O)N(CCN)CCc3ccccc3)ccc21. The number of aryl methyl sites for hydroxylation is 1. The number of hydrogen-bond acceptors (Lipinski definition) is 5. The van der Waals surface area contributed by atoms with Crippen molar-refractivity contribution in [3.05, 3.63) is 64.6 Å². The first-order valence-corrected chi connectivity index (χ1v) is 10.3. The van der Waals surface area contributed by atoms with E-state index >= 15 is 0 Å². The van der Waals surface area contributed by atoms with E-state index < -0.39 is 15.8 Å². The van der Waals surface area contributed by atoms with Gasteiger partial charge in [-0.15, -0.1) is 0 Å². The lowest BCUT2D eigenvalue weighted by Gasteiger charge is -2.21. The van der Waals surface area contributed by atoms with Crippen LogP contribution in [0, 0.1) is 0 Å². The van der Waals surface area contributed by atoms with Crippen LogP contribution in [0.5, 0.6) is 0 Å². The number of aromatic nitrogens is 1. The van der Waals surface area contributed by atoms with Crippen LogP contribution in [0.15, 0.2) is 62.6 Å². The third-order valence-electron chi connectivity index (χ3n) is 4.46. The summed E-state index contributed by atoms with van der Waals surface area (Å²) in [5.74, 6) is -0.495. The number of hydrogen-bond donors (Lipinski definition) is 1. The van der Waals surface area contributed by atoms with Crippen LogP contribution in [0.1, 0.15) is 12.5 Å². The molecule has 0 aliphatic rings. The summed E-state index contributed by atoms with van der Waals surface area (Å²) < 4.78 is 34.2. The highest BCUT2D eigenvalue weighted by Gasteiger charge is 2.25. The van der Waals surface area contributed by atoms with Crippen LogP contribution < -0.4 is 11.5 Å². The lowest BCUT2D eigenvalue weighted by Crippen LogP contribution is -2.36. The van der Waals surface area contributed by atoms with E-state index in [9.17, 15) is 13.2 Å². The van der Waals surface area contributed by atoms with E-state index in [-0.39, 0.29) is 23.6 Å². The molecule has 144 valence electrons. The van der Waals surface area contributed by atoms with Gasteiger partial charge in [0, 0.05) is 32.2 Å². The summed E-state index contributed by atoms with van der Waals surface area (Å²) in [4.78, 5) is 11.9. The molecule has 0 bridgehead atoms. The average molecular weight is 389 g/mol. The van der Waals surface area contributed by atoms with Gasteiger partial charge in [0.1, 0.15) is 0 Å². The molecule has 1 aromatic heterocycles. The predicted molar refractivity (Wildman–Crippen MR) is 104 cm³/mol. The summed E-state index contributed by atoms with van der Waals surface area (Å²) in [7, 11) is -3.75. The number of fused-ring (bicyclic) bond motifs is 1. The maximum atomic E-state index is 13.1. The van der Waals surface area contributed by atoms with E-state index in [0.717, 1.165) is 5.56 Å². The number of sulfonamides is 1. The molecule has 3 aromatic rings. The van der Waals surface area contributed by atoms with Gasteiger partial charge in [0.2, 0.25) is 10.0 Å². The van der Waals surface area contributed by atoms with Crippen molar-refractivity contribution < 1.29 is 12.8 Å². The van der Waals surface area contributed by atoms with Gasteiger partial charge in [-0.2, -0.15) is 4.31 Å². The molecular weight excluding hydrogens is 366 g/mol. The minimum atomic E-state index is -3.75. The third kappa shape index (κ3) is 3.97. The van der Waals surface area contributed by atoms with Crippen LogP contribution in [0.4, 0.5) is 0 Å². The number of nitrogens with two attached hydrogens (primary N) is 1. The summed E-state index contributed by atoms with van der Waals surface area (Å²) in [5, 5.41) is 0. The largest absolute Gasteiger partial charge is 0.419 e. The first-order valence-electron chi connectivity index (χ1n) is 8.85. The number of benzene rings is 2. The molecule has 8 heteroatoms. The first kappa shape index (κ1) is 19.3. The molecule has 1 heterocycles. The van der Waals surface area contributed by atoms with E-state index in [1.165, 1.54) is 21.0 Å². The van der Waals surface area contributed by atoms with Crippen LogP contribution >= 0.6 is 0 Å². The fourth-order valence-corrected chi connectivity index (χ4v) is 4.52. The smallest absolute Gasteiger partial charge is 0.408 e. The summed E-state index contributed by atoms with van der Waals surface area (Å²) in [6, 6.07) is 14.2. The molecule has 0 spiro atoms. The van der Waals surface area contributed by atoms with Gasteiger partial charge in [-0.3, -0.25) is 4.57 Å². The normalized spacial score (nSPS) is 12.1. The standard InChI is InChI=1S/C19H23N3O4S/c1-2-22-17-9-8-16(14-18(17)26-19(22)23)27(24,25)21(13-11-20)12-10-15-6-4-3-5-7-15/h3-9,14H,2,10-13,20H2,1H3. The topological polar surface area (TPSA) is 98.5 Å². The Hall–Kier alpha value is -2.42. The van der Waals surface area contributed by atoms with E-state index in [2.05, 4.69) is 0 Å². The van der Waals surface area contributed by atoms with Gasteiger partial charge >= 0.3 is 5.76 Å². The maximum absolute atomic E-state index is 13.1. The Bertz CT molecular complexity index is 1070. The Labute approximate surface area is 158 Å². The van der Waals surface area contributed by atoms with Crippen molar-refractivity contribution in [2.75, 3.05) is 19.6 Å². The lowest BCUT2D eigenvalue weighted by molar-refractivity contribution is 0.421. The Morgan fingerprint density at radius 2 is 1.85 bits per heavy atom. The zero-order valence-corrected chi connectivity index (χ0v) is 16.0. The van der Waals surface area contributed by atoms with Crippen molar-refractivity contribution in [3.8, 4) is 0 Å². The summed E-state index contributed by atoms with van der Waals surface area (Å²) in [5.41, 5.74) is 7.53. The molecule has 7 nitrogen and oxygen atoms in total. The van der Waals surface area contributed by atoms with Crippen LogP contribution in [0.25, 0.3) is 11.1 Å². The highest BCUT2D eigenvalue weighted by molar-refractivity contribution is 7.89. The Morgan fingerprint density at radius 1 is 1.11 bits per heavy atom. The number of oxazole rings is 1. The molecule has 2 N–H and O–H groups in total. The monoisotopic (exact) mass is 389 g/mol. The molecule has 0 saturated carbocycles. The highest BCUT2D eigenvalue weighted by Crippen LogP contribution is 2.22. The fourth-order valence-electron chi connectivity index (χ4n) is 3.05. The molecular formula is C19H23N3O4S. The molecule has 0 aliphatic heterocycles. The minimum Gasteiger partial charge on any atom is -0.408 e. The molecule has 0 unspecified atom stereocenters. The van der Waals surface area contributed by atoms with Crippen molar-refractivity contribution in [2.24, 2.45) is 5.73 Å². The van der Waals surface area contributed by atoms with Crippen molar-refractivity contribution in [1.82, 2.24) is 8.87 Å². The number of nitrogens with zero attached hydrogens (tertiary/aromatic N) is 2. The van der Waals surface area contributed by atoms with Crippen LogP contribution in [0.2, 0.25) is 0 Å². The van der Waals surface area contributed by atoms with Gasteiger partial charge < -0.3 is 10.2 Å². The van der Waals surface area contributed by atoms with Crippen molar-refractivity contribution in [3.63, 3.8) is 0 Å². The minimum absolute atomic E-state index is 0.0912. The molecule has 3 rings (SSSR count). The van der Waals surface area contributed by atoms with E-state index in [4.69, 9.17) is 10.2 Å². The molecule has 2 aromatic carbocycles. The second-order valence-electron chi connectivity index (χ2n) is 6.17. The maximum Gasteiger partial charge on any atom is 0.419 e. The number of rotatable bonds is 8. The Morgan fingerprint density at radius 3 is 2.52 bits per heavy atom. The van der Waals surface area contributed by atoms with E-state index in [0.29, 0.717) is 25.0 Å². The molecule has 0 atom stereocenters. The fraction of sp³-hybridized carbons (Fsp3) is 0.316. The molecule has 0 fully saturated rings. The van der Waals surface area contributed by atoms with E-state index in [1.54, 1.807) is 6.07 Å². The van der Waals surface area contributed by atoms with Gasteiger partial charge in [-0.1, -0.05) is 30.3 Å². The molecule has 27 heavy (non-hydrogen) atoms. The lowest BCUT2D eigenvalue weighted by atomic mass is 10.1. The van der Waals surface area contributed by atoms with Gasteiger partial charge in [0.15, 0.2) is 5.58 Å². The molecule has 0 saturated heterocycles. The predicted octanol–water partition coefficient (Wildman–Crippen LogP) is 1.81. The third-order valence-corrected chi connectivity index (χ3v) is 6.36. The summed E-state index contributed by atoms with van der Waals surface area (Å²) in [6.07, 6.45) is 0.587. The van der Waals surface area contributed by atoms with Gasteiger partial charge in [-0.25, -0.2) is 13.2 Å². The van der Waals surface area contributed by atoms with Gasteiger partial charge in [-0.05, 0) is 31.0 Å². The van der Waals surface area contributed by atoms with Crippen molar-refractivity contribution >= 4 is 21.1 Å². The average Bonchev–Trinajstić information content (AvgIpc) is 2.99. The summed E-state index contributed by atoms with van der Waals surface area (Å²) >= 11 is 0. The van der Waals surface area contributed by atoms with Gasteiger partial charge in [0.25, 0.3) is 0 Å². The van der Waals surface area contributed by atoms with Crippen molar-refractivity contribution in [2.45, 2.75) is 24.8 Å². The second kappa shape index (κ2) is 8.08. The second-order valence-corrected chi connectivity index (χ2v) is 8.11. The zero-order valence-electron chi connectivity index (χ0n) is 15.2. The highest BCUT2D eigenvalue weighted by atomic mass is 32.2. The molecule has 0 radical (unpaired) electrons. The van der Waals surface area contributed by atoms with Crippen LogP contribution in [-0.2, 0) is 23.0 Å². The summed E-state index contributed by atoms with van der Waals surface area (Å²) in [6.45, 7) is 3.04. The molecule has 0 amide bonds. The Balaban J connectivity index is 1.91. The van der Waals surface area contributed by atoms with Crippen LogP contribution in [-0.4, -0.2) is 36.9 Å². The van der Waals surface area contributed by atoms with E-state index in [1.807, 2.05) is 37.3 Å². The quantitative estimate of drug-likeness (QED) is 0.633. The first-order chi connectivity index (χ1) is 13.0. The van der Waals surface area contributed by atoms with Crippen molar-refractivity contribution in [1.29, 1.82) is 0 Å². The van der Waals surface area contributed by atoms with Gasteiger partial charge in [0.05, 0.1) is 10.4 Å².